The number of hydrogen-bond donors (Lipinski definition) is 2. The number of para-hydroxylation sites is 2. The van der Waals surface area contributed by atoms with Gasteiger partial charge in [0.05, 0.1) is 18.0 Å². The minimum absolute atomic E-state index is 0.327. The number of anilines is 3. The average Bonchev–Trinajstić information content (AvgIpc) is 3.11. The smallest absolute Gasteiger partial charge is 0.323 e. The lowest BCUT2D eigenvalue weighted by Crippen LogP contribution is -2.25. The largest absolute Gasteiger partial charge is 0.492 e. The van der Waals surface area contributed by atoms with Gasteiger partial charge in [0.1, 0.15) is 5.75 Å². The van der Waals surface area contributed by atoms with Gasteiger partial charge in [0, 0.05) is 24.3 Å². The first-order valence-electron chi connectivity index (χ1n) is 11.2. The van der Waals surface area contributed by atoms with Crippen molar-refractivity contribution in [3.63, 3.8) is 0 Å². The number of hydrogen-bond acceptors (Lipinski definition) is 5. The Morgan fingerprint density at radius 3 is 2.34 bits per heavy atom. The summed E-state index contributed by atoms with van der Waals surface area (Å²) in [5, 5.41) is 14.5. The van der Waals surface area contributed by atoms with Crippen LogP contribution >= 0.6 is 0 Å². The molecule has 1 aromatic heterocycles. The maximum absolute atomic E-state index is 12.4. The van der Waals surface area contributed by atoms with Crippen LogP contribution in [0, 0.1) is 0 Å². The minimum Gasteiger partial charge on any atom is -0.492 e. The van der Waals surface area contributed by atoms with Crippen LogP contribution in [0.2, 0.25) is 0 Å². The molecule has 1 aliphatic heterocycles. The maximum atomic E-state index is 12.4. The van der Waals surface area contributed by atoms with Crippen molar-refractivity contribution in [1.82, 2.24) is 10.2 Å². The molecule has 0 spiro atoms. The molecule has 0 radical (unpaired) electrons. The zero-order valence-corrected chi connectivity index (χ0v) is 18.4. The van der Waals surface area contributed by atoms with E-state index in [1.807, 2.05) is 67.6 Å². The fourth-order valence-corrected chi connectivity index (χ4v) is 3.81. The van der Waals surface area contributed by atoms with E-state index in [9.17, 15) is 4.79 Å². The van der Waals surface area contributed by atoms with Crippen molar-refractivity contribution in [2.75, 3.05) is 35.2 Å². The van der Waals surface area contributed by atoms with Gasteiger partial charge in [0.15, 0.2) is 5.82 Å². The van der Waals surface area contributed by atoms with Gasteiger partial charge in [-0.05, 0) is 56.2 Å². The summed E-state index contributed by atoms with van der Waals surface area (Å²) in [5.74, 6) is 1.58. The molecule has 2 aromatic carbocycles. The summed E-state index contributed by atoms with van der Waals surface area (Å²) < 4.78 is 5.55. The van der Waals surface area contributed by atoms with E-state index >= 15 is 0 Å². The first-order chi connectivity index (χ1) is 15.7. The Bertz CT molecular complexity index is 1010. The predicted molar refractivity (Wildman–Crippen MR) is 128 cm³/mol. The lowest BCUT2D eigenvalue weighted by atomic mass is 10.1. The van der Waals surface area contributed by atoms with Crippen LogP contribution in [0.3, 0.4) is 0 Å². The second-order valence-corrected chi connectivity index (χ2v) is 7.76. The van der Waals surface area contributed by atoms with Gasteiger partial charge in [0.25, 0.3) is 0 Å². The Kier molecular flexibility index (Phi) is 7.17. The fourth-order valence-electron chi connectivity index (χ4n) is 3.81. The summed E-state index contributed by atoms with van der Waals surface area (Å²) in [4.78, 5) is 14.7. The molecule has 0 atom stereocenters. The van der Waals surface area contributed by atoms with E-state index in [0.717, 1.165) is 30.2 Å². The summed E-state index contributed by atoms with van der Waals surface area (Å²) in [5.41, 5.74) is 3.08. The summed E-state index contributed by atoms with van der Waals surface area (Å²) in [6, 6.07) is 18.7. The molecule has 1 fully saturated rings. The Hall–Kier alpha value is -3.61. The number of nitrogens with zero attached hydrogens (tertiary/aromatic N) is 3. The highest BCUT2D eigenvalue weighted by molar-refractivity contribution is 6.00. The van der Waals surface area contributed by atoms with Crippen LogP contribution in [-0.4, -0.2) is 35.9 Å². The number of ether oxygens (including phenoxy) is 1. The van der Waals surface area contributed by atoms with E-state index < -0.39 is 0 Å². The van der Waals surface area contributed by atoms with Crippen molar-refractivity contribution < 1.29 is 9.53 Å². The number of carbonyl (C=O) groups is 1. The summed E-state index contributed by atoms with van der Waals surface area (Å²) in [7, 11) is 0. The molecule has 0 aliphatic carbocycles. The molecule has 0 unspecified atom stereocenters. The second-order valence-electron chi connectivity index (χ2n) is 7.76. The van der Waals surface area contributed by atoms with Gasteiger partial charge in [0.2, 0.25) is 0 Å². The first kappa shape index (κ1) is 21.6. The number of amides is 2. The van der Waals surface area contributed by atoms with E-state index in [-0.39, 0.29) is 6.03 Å². The molecule has 32 heavy (non-hydrogen) atoms. The lowest BCUT2D eigenvalue weighted by molar-refractivity contribution is 0.262. The molecule has 3 aromatic rings. The van der Waals surface area contributed by atoms with Crippen molar-refractivity contribution in [2.45, 2.75) is 32.6 Å². The molecular formula is C25H29N5O2. The van der Waals surface area contributed by atoms with Crippen molar-refractivity contribution in [2.24, 2.45) is 0 Å². The molecule has 166 valence electrons. The summed E-state index contributed by atoms with van der Waals surface area (Å²) >= 11 is 0. The molecule has 7 heteroatoms. The van der Waals surface area contributed by atoms with Crippen LogP contribution in [0.4, 0.5) is 22.0 Å². The number of carbonyl (C=O) groups excluding carboxylic acids is 1. The van der Waals surface area contributed by atoms with Gasteiger partial charge < -0.3 is 20.3 Å². The number of nitrogens with one attached hydrogen (secondary N) is 2. The van der Waals surface area contributed by atoms with E-state index in [4.69, 9.17) is 4.74 Å². The third-order valence-electron chi connectivity index (χ3n) is 5.45. The number of rotatable bonds is 6. The fraction of sp³-hybridized carbons (Fsp3) is 0.320. The summed E-state index contributed by atoms with van der Waals surface area (Å²) in [6.07, 6.45) is 5.00. The third-order valence-corrected chi connectivity index (χ3v) is 5.45. The van der Waals surface area contributed by atoms with E-state index in [1.165, 1.54) is 25.7 Å². The van der Waals surface area contributed by atoms with Gasteiger partial charge in [-0.2, -0.15) is 0 Å². The van der Waals surface area contributed by atoms with Crippen molar-refractivity contribution in [3.05, 3.63) is 60.7 Å². The van der Waals surface area contributed by atoms with Crippen LogP contribution in [0.5, 0.6) is 5.75 Å². The van der Waals surface area contributed by atoms with Crippen LogP contribution in [-0.2, 0) is 0 Å². The highest BCUT2D eigenvalue weighted by Gasteiger charge is 2.12. The van der Waals surface area contributed by atoms with Gasteiger partial charge in [-0.15, -0.1) is 10.2 Å². The van der Waals surface area contributed by atoms with E-state index in [1.54, 1.807) is 0 Å². The van der Waals surface area contributed by atoms with Crippen molar-refractivity contribution in [1.29, 1.82) is 0 Å². The quantitative estimate of drug-likeness (QED) is 0.534. The molecule has 4 rings (SSSR count). The molecular weight excluding hydrogens is 402 g/mol. The van der Waals surface area contributed by atoms with E-state index in [0.29, 0.717) is 23.7 Å². The standard InChI is InChI=1S/C25H29N5O2/c1-2-32-23-10-6-5-9-22(23)27-25(31)26-20-13-11-19(12-14-20)21-15-16-24(29-28-21)30-17-7-3-4-8-18-30/h5-6,9-16H,2-4,7-8,17-18H2,1H3,(H2,26,27,31). The monoisotopic (exact) mass is 431 g/mol. The van der Waals surface area contributed by atoms with Crippen LogP contribution < -0.4 is 20.3 Å². The van der Waals surface area contributed by atoms with Gasteiger partial charge in [-0.25, -0.2) is 4.79 Å². The van der Waals surface area contributed by atoms with Crippen LogP contribution in [0.25, 0.3) is 11.3 Å². The molecule has 2 amide bonds. The van der Waals surface area contributed by atoms with Crippen molar-refractivity contribution in [3.8, 4) is 17.0 Å². The van der Waals surface area contributed by atoms with Crippen LogP contribution in [0.1, 0.15) is 32.6 Å². The lowest BCUT2D eigenvalue weighted by Gasteiger charge is -2.20. The number of benzene rings is 2. The highest BCUT2D eigenvalue weighted by atomic mass is 16.5. The zero-order chi connectivity index (χ0) is 22.2. The second kappa shape index (κ2) is 10.6. The number of aromatic nitrogens is 2. The molecule has 1 saturated heterocycles. The Labute approximate surface area is 188 Å². The maximum Gasteiger partial charge on any atom is 0.323 e. The first-order valence-corrected chi connectivity index (χ1v) is 11.2. The number of urea groups is 1. The Morgan fingerprint density at radius 1 is 0.906 bits per heavy atom. The van der Waals surface area contributed by atoms with E-state index in [2.05, 4.69) is 25.7 Å². The SMILES string of the molecule is CCOc1ccccc1NC(=O)Nc1ccc(-c2ccc(N3CCCCCC3)nn2)cc1. The third kappa shape index (κ3) is 5.55. The molecule has 1 aliphatic rings. The summed E-state index contributed by atoms with van der Waals surface area (Å²) in [6.45, 7) is 4.53. The molecule has 2 heterocycles. The van der Waals surface area contributed by atoms with Crippen LogP contribution in [0.15, 0.2) is 60.7 Å². The Balaban J connectivity index is 1.37. The zero-order valence-electron chi connectivity index (χ0n) is 18.4. The van der Waals surface area contributed by atoms with Gasteiger partial charge >= 0.3 is 6.03 Å². The Morgan fingerprint density at radius 2 is 1.66 bits per heavy atom. The van der Waals surface area contributed by atoms with Crippen molar-refractivity contribution >= 4 is 23.2 Å². The van der Waals surface area contributed by atoms with Gasteiger partial charge in [-0.3, -0.25) is 0 Å². The average molecular weight is 432 g/mol. The van der Waals surface area contributed by atoms with Gasteiger partial charge in [-0.1, -0.05) is 37.1 Å². The molecule has 7 nitrogen and oxygen atoms in total. The topological polar surface area (TPSA) is 79.4 Å². The molecule has 0 saturated carbocycles. The minimum atomic E-state index is -0.327. The molecule has 0 bridgehead atoms. The normalized spacial score (nSPS) is 13.8. The highest BCUT2D eigenvalue weighted by Crippen LogP contribution is 2.25. The molecule has 2 N–H and O–H groups in total. The predicted octanol–water partition coefficient (Wildman–Crippen LogP) is 5.57.